The molecule has 0 bridgehead atoms. The molecule has 116 valence electrons. The molecule has 1 aromatic heterocycles. The van der Waals surface area contributed by atoms with Gasteiger partial charge in [-0.3, -0.25) is 0 Å². The number of hydrogen-bond donors (Lipinski definition) is 1. The van der Waals surface area contributed by atoms with Crippen LogP contribution in [0.2, 0.25) is 5.15 Å². The van der Waals surface area contributed by atoms with Gasteiger partial charge in [0.05, 0.1) is 19.9 Å². The van der Waals surface area contributed by atoms with Crippen LogP contribution in [0.1, 0.15) is 0 Å². The molecule has 0 unspecified atom stereocenters. The number of nitrogens with two attached hydrogens (primary N) is 1. The number of nitrogens with zero attached hydrogens (tertiary/aromatic N) is 2. The Morgan fingerprint density at radius 1 is 1.23 bits per heavy atom. The first kappa shape index (κ1) is 15.8. The van der Waals surface area contributed by atoms with Gasteiger partial charge in [-0.25, -0.2) is 14.8 Å². The van der Waals surface area contributed by atoms with Gasteiger partial charge in [0.15, 0.2) is 18.1 Å². The van der Waals surface area contributed by atoms with Crippen LogP contribution in [0, 0.1) is 0 Å². The first-order chi connectivity index (χ1) is 10.5. The number of hydrogen-bond acceptors (Lipinski definition) is 7. The standard InChI is InChI=1S/C14H14ClN3O4/c1-20-10-4-3-8(5-11(10)22-7-13(19)21-2)9-6-12(15)18-14(16)17-9/h3-6H,7H2,1-2H3,(H2,16,17,18). The number of halogens is 1. The summed E-state index contributed by atoms with van der Waals surface area (Å²) in [6, 6.07) is 6.69. The lowest BCUT2D eigenvalue weighted by Gasteiger charge is -2.11. The second kappa shape index (κ2) is 6.95. The summed E-state index contributed by atoms with van der Waals surface area (Å²) in [6.45, 7) is -0.233. The van der Waals surface area contributed by atoms with E-state index in [0.29, 0.717) is 22.8 Å². The van der Waals surface area contributed by atoms with E-state index in [4.69, 9.17) is 26.8 Å². The van der Waals surface area contributed by atoms with Crippen LogP contribution in [0.25, 0.3) is 11.3 Å². The average Bonchev–Trinajstić information content (AvgIpc) is 2.51. The largest absolute Gasteiger partial charge is 0.493 e. The van der Waals surface area contributed by atoms with Gasteiger partial charge in [-0.1, -0.05) is 11.6 Å². The number of nitrogen functional groups attached to an aromatic ring is 1. The fourth-order valence-electron chi connectivity index (χ4n) is 1.73. The molecular weight excluding hydrogens is 310 g/mol. The number of carbonyl (C=O) groups is 1. The van der Waals surface area contributed by atoms with E-state index >= 15 is 0 Å². The van der Waals surface area contributed by atoms with Crippen molar-refractivity contribution < 1.29 is 19.0 Å². The quantitative estimate of drug-likeness (QED) is 0.663. The molecule has 8 heteroatoms. The summed E-state index contributed by atoms with van der Waals surface area (Å²) < 4.78 is 15.1. The highest BCUT2D eigenvalue weighted by Crippen LogP contribution is 2.32. The van der Waals surface area contributed by atoms with E-state index < -0.39 is 5.97 Å². The lowest BCUT2D eigenvalue weighted by Crippen LogP contribution is -2.13. The van der Waals surface area contributed by atoms with Crippen molar-refractivity contribution in [3.8, 4) is 22.8 Å². The third-order valence-electron chi connectivity index (χ3n) is 2.74. The van der Waals surface area contributed by atoms with Crippen molar-refractivity contribution in [3.05, 3.63) is 29.4 Å². The predicted octanol–water partition coefficient (Wildman–Crippen LogP) is 1.94. The molecule has 0 fully saturated rings. The molecule has 2 rings (SSSR count). The zero-order valence-electron chi connectivity index (χ0n) is 12.0. The number of methoxy groups -OCH3 is 2. The van der Waals surface area contributed by atoms with Crippen LogP contribution >= 0.6 is 11.6 Å². The van der Waals surface area contributed by atoms with E-state index in [9.17, 15) is 4.79 Å². The van der Waals surface area contributed by atoms with E-state index in [1.54, 1.807) is 24.3 Å². The molecule has 2 aromatic rings. The molecule has 0 aliphatic rings. The van der Waals surface area contributed by atoms with Crippen molar-refractivity contribution in [2.45, 2.75) is 0 Å². The molecule has 0 atom stereocenters. The number of anilines is 1. The Hall–Kier alpha value is -2.54. The Morgan fingerprint density at radius 2 is 2.00 bits per heavy atom. The molecule has 1 aromatic carbocycles. The number of aromatic nitrogens is 2. The van der Waals surface area contributed by atoms with E-state index in [2.05, 4.69) is 14.7 Å². The Balaban J connectivity index is 2.35. The summed E-state index contributed by atoms with van der Waals surface area (Å²) in [5.41, 5.74) is 6.81. The van der Waals surface area contributed by atoms with Crippen molar-refractivity contribution >= 4 is 23.5 Å². The smallest absolute Gasteiger partial charge is 0.343 e. The molecule has 0 saturated carbocycles. The van der Waals surface area contributed by atoms with E-state index in [-0.39, 0.29) is 17.7 Å². The maximum Gasteiger partial charge on any atom is 0.343 e. The number of esters is 1. The van der Waals surface area contributed by atoms with Crippen molar-refractivity contribution in [3.63, 3.8) is 0 Å². The van der Waals surface area contributed by atoms with Gasteiger partial charge in [-0.05, 0) is 18.2 Å². The fraction of sp³-hybridized carbons (Fsp3) is 0.214. The van der Waals surface area contributed by atoms with Gasteiger partial charge in [0.2, 0.25) is 5.95 Å². The Morgan fingerprint density at radius 3 is 2.64 bits per heavy atom. The molecule has 0 aliphatic carbocycles. The van der Waals surface area contributed by atoms with Crippen LogP contribution in [0.3, 0.4) is 0 Å². The molecule has 22 heavy (non-hydrogen) atoms. The van der Waals surface area contributed by atoms with Gasteiger partial charge in [0, 0.05) is 11.6 Å². The second-order valence-corrected chi connectivity index (χ2v) is 4.55. The minimum absolute atomic E-state index is 0.0651. The molecular formula is C14H14ClN3O4. The number of carbonyl (C=O) groups excluding carboxylic acids is 1. The van der Waals surface area contributed by atoms with Gasteiger partial charge >= 0.3 is 5.97 Å². The highest BCUT2D eigenvalue weighted by atomic mass is 35.5. The number of rotatable bonds is 5. The molecule has 0 aliphatic heterocycles. The zero-order chi connectivity index (χ0) is 16.1. The van der Waals surface area contributed by atoms with Gasteiger partial charge in [0.1, 0.15) is 5.15 Å². The lowest BCUT2D eigenvalue weighted by atomic mass is 10.1. The third-order valence-corrected chi connectivity index (χ3v) is 2.94. The van der Waals surface area contributed by atoms with Crippen LogP contribution in [0.15, 0.2) is 24.3 Å². The molecule has 0 saturated heterocycles. The molecule has 0 spiro atoms. The normalized spacial score (nSPS) is 10.1. The van der Waals surface area contributed by atoms with E-state index in [0.717, 1.165) is 0 Å². The Kier molecular flexibility index (Phi) is 5.00. The molecule has 0 radical (unpaired) electrons. The van der Waals surface area contributed by atoms with Crippen LogP contribution < -0.4 is 15.2 Å². The fourth-order valence-corrected chi connectivity index (χ4v) is 1.92. The van der Waals surface area contributed by atoms with Crippen LogP contribution in [-0.2, 0) is 9.53 Å². The van der Waals surface area contributed by atoms with Gasteiger partial charge in [-0.15, -0.1) is 0 Å². The highest BCUT2D eigenvalue weighted by Gasteiger charge is 2.11. The summed E-state index contributed by atoms with van der Waals surface area (Å²) in [4.78, 5) is 19.1. The summed E-state index contributed by atoms with van der Waals surface area (Å²) in [7, 11) is 2.78. The minimum Gasteiger partial charge on any atom is -0.493 e. The van der Waals surface area contributed by atoms with Crippen molar-refractivity contribution in [2.75, 3.05) is 26.6 Å². The lowest BCUT2D eigenvalue weighted by molar-refractivity contribution is -0.142. The average molecular weight is 324 g/mol. The monoisotopic (exact) mass is 323 g/mol. The highest BCUT2D eigenvalue weighted by molar-refractivity contribution is 6.29. The van der Waals surface area contributed by atoms with Crippen LogP contribution in [-0.4, -0.2) is 36.8 Å². The van der Waals surface area contributed by atoms with Gasteiger partial charge in [-0.2, -0.15) is 0 Å². The molecule has 0 amide bonds. The summed E-state index contributed by atoms with van der Waals surface area (Å²) in [5.74, 6) is 0.414. The topological polar surface area (TPSA) is 96.6 Å². The Bertz CT molecular complexity index is 674. The third kappa shape index (κ3) is 3.76. The molecule has 7 nitrogen and oxygen atoms in total. The number of benzene rings is 1. The SMILES string of the molecule is COC(=O)COc1cc(-c2cc(Cl)nc(N)n2)ccc1OC. The van der Waals surface area contributed by atoms with Crippen molar-refractivity contribution in [1.29, 1.82) is 0 Å². The first-order valence-corrected chi connectivity index (χ1v) is 6.59. The summed E-state index contributed by atoms with van der Waals surface area (Å²) in [6.07, 6.45) is 0. The van der Waals surface area contributed by atoms with Gasteiger partial charge < -0.3 is 19.9 Å². The van der Waals surface area contributed by atoms with Crippen LogP contribution in [0.4, 0.5) is 5.95 Å². The Labute approximate surface area is 132 Å². The van der Waals surface area contributed by atoms with E-state index in [1.165, 1.54) is 14.2 Å². The van der Waals surface area contributed by atoms with E-state index in [1.807, 2.05) is 0 Å². The maximum atomic E-state index is 11.2. The van der Waals surface area contributed by atoms with Gasteiger partial charge in [0.25, 0.3) is 0 Å². The van der Waals surface area contributed by atoms with Crippen molar-refractivity contribution in [2.24, 2.45) is 0 Å². The first-order valence-electron chi connectivity index (χ1n) is 6.21. The maximum absolute atomic E-state index is 11.2. The molecule has 1 heterocycles. The zero-order valence-corrected chi connectivity index (χ0v) is 12.8. The summed E-state index contributed by atoms with van der Waals surface area (Å²) >= 11 is 5.87. The summed E-state index contributed by atoms with van der Waals surface area (Å²) in [5, 5.41) is 0.232. The van der Waals surface area contributed by atoms with Crippen LogP contribution in [0.5, 0.6) is 11.5 Å². The van der Waals surface area contributed by atoms with Crippen molar-refractivity contribution in [1.82, 2.24) is 9.97 Å². The predicted molar refractivity (Wildman–Crippen MR) is 81.0 cm³/mol. The number of ether oxygens (including phenoxy) is 3. The minimum atomic E-state index is -0.498. The second-order valence-electron chi connectivity index (χ2n) is 4.16. The molecule has 2 N–H and O–H groups in total.